The van der Waals surface area contributed by atoms with Gasteiger partial charge in [0.05, 0.1) is 19.5 Å². The van der Waals surface area contributed by atoms with Crippen LogP contribution in [0, 0.1) is 6.92 Å². The van der Waals surface area contributed by atoms with Crippen molar-refractivity contribution in [2.45, 2.75) is 26.4 Å². The molecular weight excluding hydrogens is 370 g/mol. The van der Waals surface area contributed by atoms with Crippen LogP contribution in [0.1, 0.15) is 24.1 Å². The van der Waals surface area contributed by atoms with Crippen molar-refractivity contribution in [3.63, 3.8) is 0 Å². The van der Waals surface area contributed by atoms with E-state index in [0.29, 0.717) is 16.8 Å². The zero-order valence-electron chi connectivity index (χ0n) is 16.4. The molecule has 4 aromatic rings. The normalized spacial score (nSPS) is 12.2. The van der Waals surface area contributed by atoms with Gasteiger partial charge < -0.3 is 14.5 Å². The summed E-state index contributed by atoms with van der Waals surface area (Å²) in [5, 5.41) is 3.69. The number of hydrogen-bond acceptors (Lipinski definition) is 5. The smallest absolute Gasteiger partial charge is 0.297 e. The van der Waals surface area contributed by atoms with E-state index >= 15 is 0 Å². The lowest BCUT2D eigenvalue weighted by molar-refractivity contribution is -0.122. The van der Waals surface area contributed by atoms with Gasteiger partial charge in [-0.3, -0.25) is 14.2 Å². The first-order valence-electron chi connectivity index (χ1n) is 9.28. The number of carbonyl (C=O) groups excluding carboxylic acids is 1. The SMILES string of the molecule is COc1ccc(C)cc1[C@H](C)NC(=O)Cn1cnc2c(oc3ccccc32)c1=O. The summed E-state index contributed by atoms with van der Waals surface area (Å²) >= 11 is 0. The number of hydrogen-bond donors (Lipinski definition) is 1. The van der Waals surface area contributed by atoms with E-state index in [0.717, 1.165) is 16.5 Å². The Morgan fingerprint density at radius 2 is 2.07 bits per heavy atom. The molecule has 1 N–H and O–H groups in total. The number of furan rings is 1. The van der Waals surface area contributed by atoms with Gasteiger partial charge in [-0.1, -0.05) is 29.8 Å². The average molecular weight is 391 g/mol. The summed E-state index contributed by atoms with van der Waals surface area (Å²) in [5.41, 5.74) is 2.79. The zero-order valence-corrected chi connectivity index (χ0v) is 16.4. The molecule has 2 aromatic carbocycles. The number of amides is 1. The molecule has 1 atom stereocenters. The van der Waals surface area contributed by atoms with E-state index in [1.165, 1.54) is 10.9 Å². The topological polar surface area (TPSA) is 86.4 Å². The van der Waals surface area contributed by atoms with Crippen LogP contribution in [0.2, 0.25) is 0 Å². The highest BCUT2D eigenvalue weighted by molar-refractivity contribution is 6.01. The van der Waals surface area contributed by atoms with Crippen molar-refractivity contribution in [3.05, 3.63) is 70.3 Å². The summed E-state index contributed by atoms with van der Waals surface area (Å²) in [6, 6.07) is 12.8. The Morgan fingerprint density at radius 1 is 1.28 bits per heavy atom. The summed E-state index contributed by atoms with van der Waals surface area (Å²) in [6.45, 7) is 3.70. The third-order valence-electron chi connectivity index (χ3n) is 4.89. The summed E-state index contributed by atoms with van der Waals surface area (Å²) in [6.07, 6.45) is 1.38. The Balaban J connectivity index is 1.58. The molecule has 0 bridgehead atoms. The van der Waals surface area contributed by atoms with Crippen molar-refractivity contribution < 1.29 is 13.9 Å². The molecule has 4 rings (SSSR count). The van der Waals surface area contributed by atoms with Crippen LogP contribution in [-0.2, 0) is 11.3 Å². The lowest BCUT2D eigenvalue weighted by atomic mass is 10.0. The van der Waals surface area contributed by atoms with Crippen LogP contribution in [-0.4, -0.2) is 22.6 Å². The quantitative estimate of drug-likeness (QED) is 0.564. The fourth-order valence-electron chi connectivity index (χ4n) is 3.44. The lowest BCUT2D eigenvalue weighted by Crippen LogP contribution is -2.34. The van der Waals surface area contributed by atoms with Crippen molar-refractivity contribution in [1.29, 1.82) is 0 Å². The van der Waals surface area contributed by atoms with Crippen molar-refractivity contribution in [2.75, 3.05) is 7.11 Å². The van der Waals surface area contributed by atoms with Crippen LogP contribution in [0.4, 0.5) is 0 Å². The lowest BCUT2D eigenvalue weighted by Gasteiger charge is -2.18. The molecular formula is C22H21N3O4. The fourth-order valence-corrected chi connectivity index (χ4v) is 3.44. The molecule has 0 radical (unpaired) electrons. The van der Waals surface area contributed by atoms with Crippen LogP contribution >= 0.6 is 0 Å². The summed E-state index contributed by atoms with van der Waals surface area (Å²) in [4.78, 5) is 29.7. The van der Waals surface area contributed by atoms with Crippen LogP contribution in [0.15, 0.2) is 58.0 Å². The van der Waals surface area contributed by atoms with Crippen LogP contribution in [0.3, 0.4) is 0 Å². The van der Waals surface area contributed by atoms with Gasteiger partial charge in [-0.25, -0.2) is 4.98 Å². The van der Waals surface area contributed by atoms with E-state index in [9.17, 15) is 9.59 Å². The summed E-state index contributed by atoms with van der Waals surface area (Å²) in [7, 11) is 1.59. The standard InChI is InChI=1S/C22H21N3O4/c1-13-8-9-17(28-3)16(10-13)14(2)24-19(26)11-25-12-23-20-15-6-4-5-7-18(15)29-21(20)22(25)27/h4-10,12,14H,11H2,1-3H3,(H,24,26)/t14-/m0/s1. The molecule has 2 aromatic heterocycles. The Labute approximate surface area is 166 Å². The fraction of sp³-hybridized carbons (Fsp3) is 0.227. The number of rotatable bonds is 5. The minimum absolute atomic E-state index is 0.148. The number of aromatic nitrogens is 2. The molecule has 0 saturated heterocycles. The highest BCUT2D eigenvalue weighted by Crippen LogP contribution is 2.26. The van der Waals surface area contributed by atoms with Gasteiger partial charge in [0, 0.05) is 10.9 Å². The van der Waals surface area contributed by atoms with Gasteiger partial charge >= 0.3 is 0 Å². The molecule has 1 amide bonds. The summed E-state index contributed by atoms with van der Waals surface area (Å²) in [5.74, 6) is 0.395. The van der Waals surface area contributed by atoms with E-state index in [2.05, 4.69) is 10.3 Å². The Kier molecular flexibility index (Phi) is 4.80. The number of benzene rings is 2. The third-order valence-corrected chi connectivity index (χ3v) is 4.89. The minimum Gasteiger partial charge on any atom is -0.496 e. The minimum atomic E-state index is -0.387. The van der Waals surface area contributed by atoms with E-state index in [1.54, 1.807) is 13.2 Å². The highest BCUT2D eigenvalue weighted by Gasteiger charge is 2.17. The predicted octanol–water partition coefficient (Wildman–Crippen LogP) is 3.34. The number of nitrogens with zero attached hydrogens (tertiary/aromatic N) is 2. The first-order valence-corrected chi connectivity index (χ1v) is 9.28. The monoisotopic (exact) mass is 391 g/mol. The molecule has 7 nitrogen and oxygen atoms in total. The Hall–Kier alpha value is -3.61. The number of fused-ring (bicyclic) bond motifs is 3. The number of ether oxygens (including phenoxy) is 1. The van der Waals surface area contributed by atoms with Gasteiger partial charge in [-0.05, 0) is 32.0 Å². The molecule has 0 aliphatic rings. The Morgan fingerprint density at radius 3 is 2.86 bits per heavy atom. The molecule has 29 heavy (non-hydrogen) atoms. The van der Waals surface area contributed by atoms with Crippen molar-refractivity contribution >= 4 is 28.0 Å². The van der Waals surface area contributed by atoms with Gasteiger partial charge in [-0.2, -0.15) is 0 Å². The van der Waals surface area contributed by atoms with Crippen LogP contribution < -0.4 is 15.6 Å². The van der Waals surface area contributed by atoms with E-state index in [4.69, 9.17) is 9.15 Å². The summed E-state index contributed by atoms with van der Waals surface area (Å²) < 4.78 is 12.3. The molecule has 0 aliphatic carbocycles. The molecule has 0 saturated carbocycles. The maximum absolute atomic E-state index is 12.8. The maximum atomic E-state index is 12.8. The molecule has 7 heteroatoms. The molecule has 148 valence electrons. The van der Waals surface area contributed by atoms with E-state index < -0.39 is 0 Å². The van der Waals surface area contributed by atoms with Crippen molar-refractivity contribution in [3.8, 4) is 5.75 Å². The second-order valence-corrected chi connectivity index (χ2v) is 6.99. The average Bonchev–Trinajstić information content (AvgIpc) is 3.09. The molecule has 2 heterocycles. The van der Waals surface area contributed by atoms with Gasteiger partial charge in [-0.15, -0.1) is 0 Å². The van der Waals surface area contributed by atoms with Crippen LogP contribution in [0.5, 0.6) is 5.75 Å². The second kappa shape index (κ2) is 7.43. The van der Waals surface area contributed by atoms with Gasteiger partial charge in [0.2, 0.25) is 11.5 Å². The first kappa shape index (κ1) is 18.7. The second-order valence-electron chi connectivity index (χ2n) is 6.99. The van der Waals surface area contributed by atoms with Gasteiger partial charge in [0.15, 0.2) is 0 Å². The first-order chi connectivity index (χ1) is 14.0. The Bertz CT molecular complexity index is 1270. The zero-order chi connectivity index (χ0) is 20.5. The number of para-hydroxylation sites is 1. The number of methoxy groups -OCH3 is 1. The largest absolute Gasteiger partial charge is 0.496 e. The maximum Gasteiger partial charge on any atom is 0.297 e. The van der Waals surface area contributed by atoms with Crippen LogP contribution in [0.25, 0.3) is 22.1 Å². The van der Waals surface area contributed by atoms with Crippen molar-refractivity contribution in [2.24, 2.45) is 0 Å². The number of carbonyl (C=O) groups is 1. The molecule has 0 fully saturated rings. The third kappa shape index (κ3) is 3.47. The van der Waals surface area contributed by atoms with E-state index in [-0.39, 0.29) is 29.6 Å². The number of aryl methyl sites for hydroxylation is 1. The van der Waals surface area contributed by atoms with E-state index in [1.807, 2.05) is 50.2 Å². The number of nitrogens with one attached hydrogen (secondary N) is 1. The molecule has 0 unspecified atom stereocenters. The molecule has 0 aliphatic heterocycles. The van der Waals surface area contributed by atoms with Gasteiger partial charge in [0.1, 0.15) is 23.4 Å². The predicted molar refractivity (Wildman–Crippen MR) is 110 cm³/mol. The van der Waals surface area contributed by atoms with Gasteiger partial charge in [0.25, 0.3) is 5.56 Å². The van der Waals surface area contributed by atoms with Crippen molar-refractivity contribution in [1.82, 2.24) is 14.9 Å². The highest BCUT2D eigenvalue weighted by atomic mass is 16.5. The molecule has 0 spiro atoms.